The van der Waals surface area contributed by atoms with Crippen molar-refractivity contribution in [1.29, 1.82) is 0 Å². The Morgan fingerprint density at radius 1 is 1.64 bits per heavy atom. The van der Waals surface area contributed by atoms with Crippen molar-refractivity contribution >= 4 is 32.9 Å². The third-order valence-corrected chi connectivity index (χ3v) is 4.29. The minimum Gasteiger partial charge on any atom is -0.278 e. The van der Waals surface area contributed by atoms with Gasteiger partial charge >= 0.3 is 4.87 Å². The first kappa shape index (κ1) is 9.09. The molecule has 0 fully saturated rings. The average molecular weight is 207 g/mol. The summed E-state index contributed by atoms with van der Waals surface area (Å²) in [6.45, 7) is 4.06. The van der Waals surface area contributed by atoms with E-state index in [1.54, 1.807) is 4.57 Å². The standard InChI is InChI=1S/C6H9NOS3/c1-3-4(2)7-5(8)10-11-6(7)9/h4H,3H2,1-2H3. The van der Waals surface area contributed by atoms with Crippen molar-refractivity contribution in [1.82, 2.24) is 4.57 Å². The third kappa shape index (κ3) is 1.77. The van der Waals surface area contributed by atoms with Crippen LogP contribution in [0.2, 0.25) is 0 Å². The normalized spacial score (nSPS) is 13.3. The molecule has 1 aromatic rings. The van der Waals surface area contributed by atoms with E-state index in [0.29, 0.717) is 3.95 Å². The van der Waals surface area contributed by atoms with Crippen LogP contribution in [0.5, 0.6) is 0 Å². The van der Waals surface area contributed by atoms with Gasteiger partial charge in [-0.3, -0.25) is 9.36 Å². The van der Waals surface area contributed by atoms with Gasteiger partial charge in [0.05, 0.1) is 0 Å². The minimum absolute atomic E-state index is 0.0781. The first-order valence-corrected chi connectivity index (χ1v) is 5.94. The zero-order valence-corrected chi connectivity index (χ0v) is 8.81. The van der Waals surface area contributed by atoms with Crippen molar-refractivity contribution in [3.63, 3.8) is 0 Å². The van der Waals surface area contributed by atoms with Gasteiger partial charge < -0.3 is 0 Å². The zero-order valence-electron chi connectivity index (χ0n) is 6.36. The van der Waals surface area contributed by atoms with E-state index in [4.69, 9.17) is 12.2 Å². The smallest absolute Gasteiger partial charge is 0.278 e. The molecule has 0 spiro atoms. The molecule has 0 N–H and O–H groups in total. The summed E-state index contributed by atoms with van der Waals surface area (Å²) in [6.07, 6.45) is 0.951. The van der Waals surface area contributed by atoms with Crippen molar-refractivity contribution in [2.24, 2.45) is 0 Å². The molecular formula is C6H9NOS3. The van der Waals surface area contributed by atoms with E-state index >= 15 is 0 Å². The van der Waals surface area contributed by atoms with Crippen molar-refractivity contribution in [2.45, 2.75) is 26.3 Å². The van der Waals surface area contributed by atoms with Crippen LogP contribution in [0.1, 0.15) is 26.3 Å². The third-order valence-electron chi connectivity index (χ3n) is 1.61. The fraction of sp³-hybridized carbons (Fsp3) is 0.667. The Kier molecular flexibility index (Phi) is 2.98. The summed E-state index contributed by atoms with van der Waals surface area (Å²) in [5, 5.41) is 0. The molecule has 0 aliphatic carbocycles. The number of aromatic nitrogens is 1. The summed E-state index contributed by atoms with van der Waals surface area (Å²) in [5.74, 6) is 0. The number of nitrogens with zero attached hydrogens (tertiary/aromatic N) is 1. The van der Waals surface area contributed by atoms with E-state index < -0.39 is 0 Å². The molecule has 1 rings (SSSR count). The SMILES string of the molecule is CCC(C)n1c(=O)ssc1=S. The van der Waals surface area contributed by atoms with Gasteiger partial charge in [0.25, 0.3) is 0 Å². The fourth-order valence-corrected chi connectivity index (χ4v) is 3.20. The van der Waals surface area contributed by atoms with Crippen LogP contribution in [0.4, 0.5) is 0 Å². The molecule has 11 heavy (non-hydrogen) atoms. The lowest BCUT2D eigenvalue weighted by Crippen LogP contribution is -2.16. The van der Waals surface area contributed by atoms with Gasteiger partial charge in [-0.25, -0.2) is 0 Å². The van der Waals surface area contributed by atoms with E-state index in [0.717, 1.165) is 6.42 Å². The summed E-state index contributed by atoms with van der Waals surface area (Å²) in [6, 6.07) is 0.248. The van der Waals surface area contributed by atoms with Crippen LogP contribution in [0.3, 0.4) is 0 Å². The summed E-state index contributed by atoms with van der Waals surface area (Å²) in [7, 11) is 2.60. The van der Waals surface area contributed by atoms with Crippen LogP contribution in [0.25, 0.3) is 0 Å². The maximum Gasteiger partial charge on any atom is 0.318 e. The highest BCUT2D eigenvalue weighted by Crippen LogP contribution is 2.13. The molecule has 5 heteroatoms. The molecule has 1 unspecified atom stereocenters. The molecule has 1 atom stereocenters. The molecule has 0 amide bonds. The topological polar surface area (TPSA) is 22.0 Å². The van der Waals surface area contributed by atoms with Crippen LogP contribution in [-0.4, -0.2) is 4.57 Å². The second-order valence-electron chi connectivity index (χ2n) is 2.33. The van der Waals surface area contributed by atoms with Crippen LogP contribution in [0, 0.1) is 3.95 Å². The van der Waals surface area contributed by atoms with Gasteiger partial charge in [0.1, 0.15) is 0 Å². The first-order chi connectivity index (χ1) is 5.16. The molecule has 0 aromatic carbocycles. The lowest BCUT2D eigenvalue weighted by Gasteiger charge is -2.06. The van der Waals surface area contributed by atoms with Gasteiger partial charge in [0.15, 0.2) is 3.95 Å². The van der Waals surface area contributed by atoms with Gasteiger partial charge in [-0.15, -0.1) is 0 Å². The number of hydrogen-bond acceptors (Lipinski definition) is 4. The van der Waals surface area contributed by atoms with Crippen LogP contribution >= 0.6 is 32.9 Å². The Bertz CT molecular complexity index is 307. The van der Waals surface area contributed by atoms with E-state index in [-0.39, 0.29) is 10.9 Å². The van der Waals surface area contributed by atoms with Gasteiger partial charge in [0.2, 0.25) is 0 Å². The van der Waals surface area contributed by atoms with Crippen molar-refractivity contribution in [3.8, 4) is 0 Å². The average Bonchev–Trinajstić information content (AvgIpc) is 2.30. The summed E-state index contributed by atoms with van der Waals surface area (Å²) >= 11 is 5.01. The molecule has 62 valence electrons. The van der Waals surface area contributed by atoms with Gasteiger partial charge in [-0.05, 0) is 46.2 Å². The highest BCUT2D eigenvalue weighted by atomic mass is 32.9. The highest BCUT2D eigenvalue weighted by molar-refractivity contribution is 7.79. The Hall–Kier alpha value is -0.0000000000000000555. The Morgan fingerprint density at radius 3 is 2.64 bits per heavy atom. The molecule has 0 saturated heterocycles. The molecule has 0 bridgehead atoms. The predicted molar refractivity (Wildman–Crippen MR) is 52.3 cm³/mol. The largest absolute Gasteiger partial charge is 0.318 e. The number of hydrogen-bond donors (Lipinski definition) is 0. The maximum absolute atomic E-state index is 11.2. The molecular weight excluding hydrogens is 198 g/mol. The fourth-order valence-electron chi connectivity index (χ4n) is 0.769. The first-order valence-electron chi connectivity index (χ1n) is 3.38. The molecule has 2 nitrogen and oxygen atoms in total. The second kappa shape index (κ2) is 3.60. The van der Waals surface area contributed by atoms with E-state index in [2.05, 4.69) is 0 Å². The Labute approximate surface area is 77.5 Å². The van der Waals surface area contributed by atoms with Crippen LogP contribution in [0.15, 0.2) is 4.79 Å². The monoisotopic (exact) mass is 207 g/mol. The van der Waals surface area contributed by atoms with Crippen LogP contribution < -0.4 is 4.87 Å². The van der Waals surface area contributed by atoms with Crippen molar-refractivity contribution in [3.05, 3.63) is 13.6 Å². The zero-order chi connectivity index (χ0) is 8.43. The van der Waals surface area contributed by atoms with E-state index in [9.17, 15) is 4.79 Å². The molecule has 1 heterocycles. The summed E-state index contributed by atoms with van der Waals surface area (Å²) in [5.41, 5.74) is 0. The minimum atomic E-state index is 0.0781. The highest BCUT2D eigenvalue weighted by Gasteiger charge is 2.06. The molecule has 1 aromatic heterocycles. The molecule has 0 radical (unpaired) electrons. The molecule has 0 saturated carbocycles. The van der Waals surface area contributed by atoms with Crippen molar-refractivity contribution in [2.75, 3.05) is 0 Å². The summed E-state index contributed by atoms with van der Waals surface area (Å²) < 4.78 is 2.39. The Morgan fingerprint density at radius 2 is 2.27 bits per heavy atom. The lowest BCUT2D eigenvalue weighted by molar-refractivity contribution is 0.521. The predicted octanol–water partition coefficient (Wildman–Crippen LogP) is 2.67. The lowest BCUT2D eigenvalue weighted by atomic mass is 10.3. The Balaban J connectivity index is 3.21. The van der Waals surface area contributed by atoms with E-state index in [1.807, 2.05) is 13.8 Å². The van der Waals surface area contributed by atoms with Crippen LogP contribution in [-0.2, 0) is 0 Å². The summed E-state index contributed by atoms with van der Waals surface area (Å²) in [4.78, 5) is 11.2. The number of rotatable bonds is 2. The second-order valence-corrected chi connectivity index (χ2v) is 5.04. The van der Waals surface area contributed by atoms with E-state index in [1.165, 1.54) is 20.7 Å². The van der Waals surface area contributed by atoms with Gasteiger partial charge in [-0.1, -0.05) is 6.92 Å². The maximum atomic E-state index is 11.2. The molecule has 0 aliphatic rings. The quantitative estimate of drug-likeness (QED) is 0.549. The van der Waals surface area contributed by atoms with Crippen molar-refractivity contribution < 1.29 is 0 Å². The van der Waals surface area contributed by atoms with Gasteiger partial charge in [-0.2, -0.15) is 0 Å². The van der Waals surface area contributed by atoms with Gasteiger partial charge in [0, 0.05) is 6.04 Å². The molecule has 0 aliphatic heterocycles.